The molecular weight excluding hydrogens is 446 g/mol. The fourth-order valence-corrected chi connectivity index (χ4v) is 3.03. The van der Waals surface area contributed by atoms with Crippen molar-refractivity contribution >= 4 is 35.3 Å². The predicted molar refractivity (Wildman–Crippen MR) is 127 cm³/mol. The van der Waals surface area contributed by atoms with Crippen molar-refractivity contribution in [3.8, 4) is 17.2 Å². The molecule has 0 heterocycles. The van der Waals surface area contributed by atoms with Gasteiger partial charge < -0.3 is 19.5 Å². The molecule has 0 bridgehead atoms. The molecule has 170 valence electrons. The van der Waals surface area contributed by atoms with E-state index in [1.165, 1.54) is 20.4 Å². The summed E-state index contributed by atoms with van der Waals surface area (Å²) in [5.74, 6) is 0.722. The van der Waals surface area contributed by atoms with Crippen molar-refractivity contribution in [1.29, 1.82) is 0 Å². The van der Waals surface area contributed by atoms with E-state index in [2.05, 4.69) is 15.8 Å². The van der Waals surface area contributed by atoms with Gasteiger partial charge in [0.15, 0.2) is 6.61 Å². The Morgan fingerprint density at radius 2 is 1.79 bits per heavy atom. The first-order chi connectivity index (χ1) is 16.0. The van der Waals surface area contributed by atoms with Gasteiger partial charge >= 0.3 is 0 Å². The SMILES string of the molecule is COc1cccc(C(=O)NN=Cc2ccc(OCC(=O)Nc3ccccc3OC)c(Cl)c2)c1. The zero-order valence-corrected chi connectivity index (χ0v) is 18.8. The van der Waals surface area contributed by atoms with Gasteiger partial charge in [-0.05, 0) is 54.1 Å². The number of ether oxygens (including phenoxy) is 3. The summed E-state index contributed by atoms with van der Waals surface area (Å²) in [5, 5.41) is 6.96. The lowest BCUT2D eigenvalue weighted by atomic mass is 10.2. The largest absolute Gasteiger partial charge is 0.497 e. The Labute approximate surface area is 196 Å². The van der Waals surface area contributed by atoms with Crippen LogP contribution in [0.2, 0.25) is 5.02 Å². The van der Waals surface area contributed by atoms with Gasteiger partial charge in [0, 0.05) is 5.56 Å². The number of nitrogens with zero attached hydrogens (tertiary/aromatic N) is 1. The van der Waals surface area contributed by atoms with Crippen molar-refractivity contribution in [2.45, 2.75) is 0 Å². The molecule has 9 heteroatoms. The lowest BCUT2D eigenvalue weighted by Gasteiger charge is -2.11. The molecule has 33 heavy (non-hydrogen) atoms. The van der Waals surface area contributed by atoms with Crippen LogP contribution in [0.4, 0.5) is 5.69 Å². The third-order valence-electron chi connectivity index (χ3n) is 4.41. The third-order valence-corrected chi connectivity index (χ3v) is 4.70. The molecule has 2 N–H and O–H groups in total. The lowest BCUT2D eigenvalue weighted by Crippen LogP contribution is -2.20. The highest BCUT2D eigenvalue weighted by atomic mass is 35.5. The topological polar surface area (TPSA) is 98.3 Å². The molecule has 0 saturated carbocycles. The summed E-state index contributed by atoms with van der Waals surface area (Å²) in [5.41, 5.74) is 4.04. The molecule has 3 aromatic carbocycles. The Balaban J connectivity index is 1.53. The van der Waals surface area contributed by atoms with Crippen LogP contribution in [0.5, 0.6) is 17.2 Å². The summed E-state index contributed by atoms with van der Waals surface area (Å²) in [6, 6.07) is 18.7. The van der Waals surface area contributed by atoms with E-state index in [-0.39, 0.29) is 18.4 Å². The summed E-state index contributed by atoms with van der Waals surface area (Å²) < 4.78 is 15.8. The van der Waals surface area contributed by atoms with Gasteiger partial charge in [-0.15, -0.1) is 0 Å². The Kier molecular flexibility index (Phi) is 8.26. The van der Waals surface area contributed by atoms with Crippen LogP contribution in [-0.4, -0.2) is 38.9 Å². The fourth-order valence-electron chi connectivity index (χ4n) is 2.79. The molecule has 0 aromatic heterocycles. The van der Waals surface area contributed by atoms with Gasteiger partial charge in [0.2, 0.25) is 0 Å². The van der Waals surface area contributed by atoms with Crippen molar-refractivity contribution in [3.05, 3.63) is 82.9 Å². The maximum atomic E-state index is 12.2. The van der Waals surface area contributed by atoms with Gasteiger partial charge in [0.25, 0.3) is 11.8 Å². The highest BCUT2D eigenvalue weighted by Gasteiger charge is 2.10. The first kappa shape index (κ1) is 23.6. The standard InChI is InChI=1S/C24H22ClN3O5/c1-31-18-7-5-6-17(13-18)24(30)28-26-14-16-10-11-21(19(25)12-16)33-15-23(29)27-20-8-3-4-9-22(20)32-2/h3-14H,15H2,1-2H3,(H,27,29)(H,28,30). The number of rotatable bonds is 9. The Morgan fingerprint density at radius 1 is 0.970 bits per heavy atom. The van der Waals surface area contributed by atoms with E-state index in [4.69, 9.17) is 25.8 Å². The van der Waals surface area contributed by atoms with Gasteiger partial charge in [0.05, 0.1) is 31.1 Å². The second-order valence-corrected chi connectivity index (χ2v) is 7.07. The van der Waals surface area contributed by atoms with E-state index >= 15 is 0 Å². The minimum Gasteiger partial charge on any atom is -0.497 e. The van der Waals surface area contributed by atoms with Gasteiger partial charge in [-0.3, -0.25) is 9.59 Å². The summed E-state index contributed by atoms with van der Waals surface area (Å²) in [6.45, 7) is -0.234. The molecule has 0 saturated heterocycles. The molecule has 0 aliphatic heterocycles. The Morgan fingerprint density at radius 3 is 2.55 bits per heavy atom. The summed E-state index contributed by atoms with van der Waals surface area (Å²) in [7, 11) is 3.05. The maximum Gasteiger partial charge on any atom is 0.271 e. The number of carbonyl (C=O) groups is 2. The van der Waals surface area contributed by atoms with Crippen molar-refractivity contribution in [1.82, 2.24) is 5.43 Å². The number of para-hydroxylation sites is 2. The minimum absolute atomic E-state index is 0.234. The molecule has 3 aromatic rings. The normalized spacial score (nSPS) is 10.5. The number of methoxy groups -OCH3 is 2. The van der Waals surface area contributed by atoms with E-state index in [0.717, 1.165) is 0 Å². The number of anilines is 1. The minimum atomic E-state index is -0.378. The zero-order chi connectivity index (χ0) is 23.6. The average molecular weight is 468 g/mol. The number of hydrogen-bond acceptors (Lipinski definition) is 6. The summed E-state index contributed by atoms with van der Waals surface area (Å²) in [6.07, 6.45) is 1.45. The molecule has 0 aliphatic carbocycles. The zero-order valence-electron chi connectivity index (χ0n) is 18.0. The molecule has 8 nitrogen and oxygen atoms in total. The van der Waals surface area contributed by atoms with E-state index in [1.807, 2.05) is 0 Å². The first-order valence-corrected chi connectivity index (χ1v) is 10.2. The number of amides is 2. The highest BCUT2D eigenvalue weighted by molar-refractivity contribution is 6.32. The first-order valence-electron chi connectivity index (χ1n) is 9.83. The number of halogens is 1. The number of nitrogens with one attached hydrogen (secondary N) is 2. The van der Waals surface area contributed by atoms with E-state index in [9.17, 15) is 9.59 Å². The number of carbonyl (C=O) groups excluding carboxylic acids is 2. The summed E-state index contributed by atoms with van der Waals surface area (Å²) in [4.78, 5) is 24.4. The van der Waals surface area contributed by atoms with Crippen LogP contribution in [0.15, 0.2) is 71.8 Å². The van der Waals surface area contributed by atoms with Crippen molar-refractivity contribution in [2.24, 2.45) is 5.10 Å². The van der Waals surface area contributed by atoms with Crippen LogP contribution < -0.4 is 25.0 Å². The molecule has 0 unspecified atom stereocenters. The molecule has 0 aliphatic rings. The summed E-state index contributed by atoms with van der Waals surface area (Å²) >= 11 is 6.25. The molecular formula is C24H22ClN3O5. The molecule has 3 rings (SSSR count). The van der Waals surface area contributed by atoms with Crippen LogP contribution in [0, 0.1) is 0 Å². The van der Waals surface area contributed by atoms with Crippen molar-refractivity contribution in [3.63, 3.8) is 0 Å². The third kappa shape index (κ3) is 6.72. The predicted octanol–water partition coefficient (Wildman–Crippen LogP) is 4.14. The van der Waals surface area contributed by atoms with E-state index in [1.54, 1.807) is 66.7 Å². The highest BCUT2D eigenvalue weighted by Crippen LogP contribution is 2.26. The Bertz CT molecular complexity index is 1170. The molecule has 2 amide bonds. The average Bonchev–Trinajstić information content (AvgIpc) is 2.83. The van der Waals surface area contributed by atoms with Gasteiger partial charge in [0.1, 0.15) is 17.2 Å². The van der Waals surface area contributed by atoms with E-state index < -0.39 is 0 Å². The van der Waals surface area contributed by atoms with Gasteiger partial charge in [-0.1, -0.05) is 29.8 Å². The lowest BCUT2D eigenvalue weighted by molar-refractivity contribution is -0.118. The Hall–Kier alpha value is -4.04. The smallest absolute Gasteiger partial charge is 0.271 e. The molecule has 0 fully saturated rings. The van der Waals surface area contributed by atoms with Crippen LogP contribution in [0.3, 0.4) is 0 Å². The quantitative estimate of drug-likeness (QED) is 0.364. The molecule has 0 spiro atoms. The van der Waals surface area contributed by atoms with Crippen molar-refractivity contribution in [2.75, 3.05) is 26.1 Å². The number of benzene rings is 3. The van der Waals surface area contributed by atoms with Crippen LogP contribution in [-0.2, 0) is 4.79 Å². The second-order valence-electron chi connectivity index (χ2n) is 6.66. The number of hydrogen-bond donors (Lipinski definition) is 2. The van der Waals surface area contributed by atoms with Crippen LogP contribution >= 0.6 is 11.6 Å². The van der Waals surface area contributed by atoms with Gasteiger partial charge in [-0.25, -0.2) is 5.43 Å². The monoisotopic (exact) mass is 467 g/mol. The van der Waals surface area contributed by atoms with E-state index in [0.29, 0.717) is 39.1 Å². The van der Waals surface area contributed by atoms with Crippen molar-refractivity contribution < 1.29 is 23.8 Å². The molecule has 0 radical (unpaired) electrons. The molecule has 0 atom stereocenters. The van der Waals surface area contributed by atoms with Crippen LogP contribution in [0.25, 0.3) is 0 Å². The maximum absolute atomic E-state index is 12.2. The van der Waals surface area contributed by atoms with Gasteiger partial charge in [-0.2, -0.15) is 5.10 Å². The van der Waals surface area contributed by atoms with Crippen LogP contribution in [0.1, 0.15) is 15.9 Å². The number of hydrazone groups is 1. The fraction of sp³-hybridized carbons (Fsp3) is 0.125. The second kappa shape index (κ2) is 11.5.